The van der Waals surface area contributed by atoms with Crippen LogP contribution in [0.2, 0.25) is 0 Å². The third kappa shape index (κ3) is 4.11. The van der Waals surface area contributed by atoms with Gasteiger partial charge in [0, 0.05) is 12.5 Å². The van der Waals surface area contributed by atoms with E-state index in [1.54, 1.807) is 0 Å². The number of nitrogens with one attached hydrogen (secondary N) is 1. The number of nitrogens with zero attached hydrogens (tertiary/aromatic N) is 1. The van der Waals surface area contributed by atoms with Crippen molar-refractivity contribution in [1.82, 2.24) is 5.32 Å². The minimum Gasteiger partial charge on any atom is -0.314 e. The first-order valence-electron chi connectivity index (χ1n) is 5.97. The van der Waals surface area contributed by atoms with E-state index in [0.717, 1.165) is 31.3 Å². The largest absolute Gasteiger partial charge is 0.314 e. The minimum atomic E-state index is 0.712. The molecule has 0 heterocycles. The van der Waals surface area contributed by atoms with Gasteiger partial charge in [0.1, 0.15) is 0 Å². The second-order valence-electron chi connectivity index (χ2n) is 4.35. The van der Waals surface area contributed by atoms with Gasteiger partial charge in [0.05, 0.1) is 6.07 Å². The van der Waals surface area contributed by atoms with Crippen LogP contribution in [0.3, 0.4) is 0 Å². The van der Waals surface area contributed by atoms with Gasteiger partial charge < -0.3 is 5.32 Å². The van der Waals surface area contributed by atoms with Gasteiger partial charge >= 0.3 is 0 Å². The highest BCUT2D eigenvalue weighted by atomic mass is 14.9. The van der Waals surface area contributed by atoms with Gasteiger partial charge in [-0.15, -0.1) is 0 Å². The Hall–Kier alpha value is -0.550. The molecule has 0 aromatic heterocycles. The first-order valence-corrected chi connectivity index (χ1v) is 5.97. The number of hydrogen-bond donors (Lipinski definition) is 1. The fraction of sp³-hybridized carbons (Fsp3) is 0.917. The fourth-order valence-corrected chi connectivity index (χ4v) is 2.27. The van der Waals surface area contributed by atoms with Crippen molar-refractivity contribution < 1.29 is 0 Å². The van der Waals surface area contributed by atoms with Crippen molar-refractivity contribution in [2.24, 2.45) is 5.92 Å². The molecule has 1 saturated carbocycles. The van der Waals surface area contributed by atoms with Crippen LogP contribution in [0, 0.1) is 17.2 Å². The monoisotopic (exact) mass is 194 g/mol. The van der Waals surface area contributed by atoms with Crippen LogP contribution in [0.15, 0.2) is 0 Å². The summed E-state index contributed by atoms with van der Waals surface area (Å²) in [6.07, 6.45) is 8.39. The van der Waals surface area contributed by atoms with Crippen LogP contribution in [0.25, 0.3) is 0 Å². The SMILES string of the molecule is CCC1CCC(NCCCCC#N)C1. The van der Waals surface area contributed by atoms with E-state index in [1.807, 2.05) is 0 Å². The number of hydrogen-bond acceptors (Lipinski definition) is 2. The van der Waals surface area contributed by atoms with E-state index in [2.05, 4.69) is 18.3 Å². The molecular formula is C12H22N2. The highest BCUT2D eigenvalue weighted by Crippen LogP contribution is 2.27. The Labute approximate surface area is 87.7 Å². The second kappa shape index (κ2) is 6.84. The van der Waals surface area contributed by atoms with Crippen molar-refractivity contribution in [2.45, 2.75) is 57.9 Å². The standard InChI is InChI=1S/C12H22N2/c1-2-11-6-7-12(10-11)14-9-5-3-4-8-13/h11-12,14H,2-7,9-10H2,1H3. The molecule has 1 aliphatic rings. The molecule has 1 rings (SSSR count). The molecule has 80 valence electrons. The molecule has 14 heavy (non-hydrogen) atoms. The molecule has 2 atom stereocenters. The predicted molar refractivity (Wildman–Crippen MR) is 58.9 cm³/mol. The van der Waals surface area contributed by atoms with Crippen LogP contribution >= 0.6 is 0 Å². The maximum atomic E-state index is 8.37. The van der Waals surface area contributed by atoms with Gasteiger partial charge in [-0.2, -0.15) is 5.26 Å². The summed E-state index contributed by atoms with van der Waals surface area (Å²) in [7, 11) is 0. The molecular weight excluding hydrogens is 172 g/mol. The molecule has 2 heteroatoms. The molecule has 0 aromatic rings. The van der Waals surface area contributed by atoms with Gasteiger partial charge in [0.2, 0.25) is 0 Å². The third-order valence-corrected chi connectivity index (χ3v) is 3.27. The molecule has 0 amide bonds. The van der Waals surface area contributed by atoms with Gasteiger partial charge in [0.15, 0.2) is 0 Å². The first kappa shape index (κ1) is 11.5. The molecule has 2 nitrogen and oxygen atoms in total. The Morgan fingerprint density at radius 1 is 1.36 bits per heavy atom. The van der Waals surface area contributed by atoms with Crippen molar-refractivity contribution in [3.05, 3.63) is 0 Å². The van der Waals surface area contributed by atoms with Crippen LogP contribution in [-0.4, -0.2) is 12.6 Å². The zero-order valence-corrected chi connectivity index (χ0v) is 9.26. The Bertz CT molecular complexity index is 183. The van der Waals surface area contributed by atoms with Gasteiger partial charge in [-0.25, -0.2) is 0 Å². The summed E-state index contributed by atoms with van der Waals surface area (Å²) in [6.45, 7) is 3.39. The van der Waals surface area contributed by atoms with E-state index in [9.17, 15) is 0 Å². The molecule has 1 fully saturated rings. The van der Waals surface area contributed by atoms with E-state index in [4.69, 9.17) is 5.26 Å². The topological polar surface area (TPSA) is 35.8 Å². The summed E-state index contributed by atoms with van der Waals surface area (Å²) in [5, 5.41) is 12.0. The lowest BCUT2D eigenvalue weighted by Gasteiger charge is -2.12. The third-order valence-electron chi connectivity index (χ3n) is 3.27. The molecule has 1 N–H and O–H groups in total. The van der Waals surface area contributed by atoms with Gasteiger partial charge in [-0.3, -0.25) is 0 Å². The zero-order valence-electron chi connectivity index (χ0n) is 9.26. The summed E-state index contributed by atoms with van der Waals surface area (Å²) in [6, 6.07) is 2.95. The average Bonchev–Trinajstić information content (AvgIpc) is 2.65. The summed E-state index contributed by atoms with van der Waals surface area (Å²) in [5.74, 6) is 0.964. The van der Waals surface area contributed by atoms with Gasteiger partial charge in [-0.1, -0.05) is 13.3 Å². The molecule has 1 aliphatic carbocycles. The minimum absolute atomic E-state index is 0.712. The smallest absolute Gasteiger partial charge is 0.0621 e. The molecule has 0 bridgehead atoms. The lowest BCUT2D eigenvalue weighted by molar-refractivity contribution is 0.471. The number of rotatable bonds is 6. The number of unbranched alkanes of at least 4 members (excludes halogenated alkanes) is 2. The Kier molecular flexibility index (Phi) is 5.63. The van der Waals surface area contributed by atoms with Crippen molar-refractivity contribution in [1.29, 1.82) is 5.26 Å². The molecule has 0 spiro atoms. The van der Waals surface area contributed by atoms with E-state index < -0.39 is 0 Å². The molecule has 0 aromatic carbocycles. The molecule has 0 aliphatic heterocycles. The van der Waals surface area contributed by atoms with E-state index in [1.165, 1.54) is 25.7 Å². The number of nitriles is 1. The van der Waals surface area contributed by atoms with Gasteiger partial charge in [-0.05, 0) is 44.6 Å². The zero-order chi connectivity index (χ0) is 10.2. The molecule has 2 unspecified atom stereocenters. The van der Waals surface area contributed by atoms with Crippen molar-refractivity contribution in [2.75, 3.05) is 6.54 Å². The van der Waals surface area contributed by atoms with Crippen LogP contribution in [-0.2, 0) is 0 Å². The fourth-order valence-electron chi connectivity index (χ4n) is 2.27. The second-order valence-corrected chi connectivity index (χ2v) is 4.35. The maximum absolute atomic E-state index is 8.37. The van der Waals surface area contributed by atoms with E-state index in [0.29, 0.717) is 6.42 Å². The van der Waals surface area contributed by atoms with Crippen molar-refractivity contribution in [3.8, 4) is 6.07 Å². The van der Waals surface area contributed by atoms with Gasteiger partial charge in [0.25, 0.3) is 0 Å². The van der Waals surface area contributed by atoms with Crippen molar-refractivity contribution >= 4 is 0 Å². The Balaban J connectivity index is 1.95. The first-order chi connectivity index (χ1) is 6.86. The molecule has 0 radical (unpaired) electrons. The van der Waals surface area contributed by atoms with Crippen LogP contribution in [0.1, 0.15) is 51.9 Å². The maximum Gasteiger partial charge on any atom is 0.0621 e. The predicted octanol–water partition coefficient (Wildman–Crippen LogP) is 2.85. The van der Waals surface area contributed by atoms with Crippen LogP contribution < -0.4 is 5.32 Å². The quantitative estimate of drug-likeness (QED) is 0.660. The van der Waals surface area contributed by atoms with Crippen LogP contribution in [0.5, 0.6) is 0 Å². The summed E-state index contributed by atoms with van der Waals surface area (Å²) < 4.78 is 0. The summed E-state index contributed by atoms with van der Waals surface area (Å²) in [4.78, 5) is 0. The van der Waals surface area contributed by atoms with Crippen molar-refractivity contribution in [3.63, 3.8) is 0 Å². The normalized spacial score (nSPS) is 26.3. The molecule has 0 saturated heterocycles. The van der Waals surface area contributed by atoms with Crippen LogP contribution in [0.4, 0.5) is 0 Å². The Morgan fingerprint density at radius 3 is 2.86 bits per heavy atom. The van der Waals surface area contributed by atoms with E-state index >= 15 is 0 Å². The highest BCUT2D eigenvalue weighted by molar-refractivity contribution is 4.79. The highest BCUT2D eigenvalue weighted by Gasteiger charge is 2.22. The Morgan fingerprint density at radius 2 is 2.21 bits per heavy atom. The lowest BCUT2D eigenvalue weighted by atomic mass is 10.1. The average molecular weight is 194 g/mol. The lowest BCUT2D eigenvalue weighted by Crippen LogP contribution is -2.27. The van der Waals surface area contributed by atoms with E-state index in [-0.39, 0.29) is 0 Å². The summed E-state index contributed by atoms with van der Waals surface area (Å²) in [5.41, 5.74) is 0. The summed E-state index contributed by atoms with van der Waals surface area (Å²) >= 11 is 0.